The van der Waals surface area contributed by atoms with Gasteiger partial charge in [-0.25, -0.2) is 4.98 Å². The van der Waals surface area contributed by atoms with Gasteiger partial charge < -0.3 is 10.5 Å². The number of nitrogens with zero attached hydrogens (tertiary/aromatic N) is 2. The molecule has 24 heavy (non-hydrogen) atoms. The predicted molar refractivity (Wildman–Crippen MR) is 96.6 cm³/mol. The van der Waals surface area contributed by atoms with Gasteiger partial charge in [-0.3, -0.25) is 14.2 Å². The Labute approximate surface area is 149 Å². The summed E-state index contributed by atoms with van der Waals surface area (Å²) in [4.78, 5) is 28.3. The fraction of sp³-hybridized carbons (Fsp3) is 0.438. The molecule has 2 aromatic rings. The van der Waals surface area contributed by atoms with Gasteiger partial charge in [0, 0.05) is 18.2 Å². The monoisotopic (exact) mass is 369 g/mol. The number of amides is 1. The number of ether oxygens (including phenoxy) is 1. The lowest BCUT2D eigenvalue weighted by Crippen LogP contribution is -2.25. The van der Waals surface area contributed by atoms with Crippen LogP contribution in [0, 0.1) is 0 Å². The molecule has 0 aliphatic carbocycles. The number of carbonyl (C=O) groups is 1. The Kier molecular flexibility index (Phi) is 6.65. The molecule has 0 unspecified atom stereocenters. The van der Waals surface area contributed by atoms with Crippen molar-refractivity contribution in [3.63, 3.8) is 0 Å². The van der Waals surface area contributed by atoms with E-state index >= 15 is 0 Å². The van der Waals surface area contributed by atoms with Crippen LogP contribution in [0.2, 0.25) is 5.02 Å². The molecule has 0 atom stereocenters. The summed E-state index contributed by atoms with van der Waals surface area (Å²) < 4.78 is 7.07. The molecule has 0 radical (unpaired) electrons. The van der Waals surface area contributed by atoms with Crippen molar-refractivity contribution < 1.29 is 9.53 Å². The lowest BCUT2D eigenvalue weighted by atomic mass is 10.2. The maximum atomic E-state index is 12.7. The van der Waals surface area contributed by atoms with Gasteiger partial charge in [-0.2, -0.15) is 0 Å². The number of aromatic nitrogens is 2. The Morgan fingerprint density at radius 3 is 2.88 bits per heavy atom. The lowest BCUT2D eigenvalue weighted by molar-refractivity contribution is -0.115. The average molecular weight is 370 g/mol. The Morgan fingerprint density at radius 2 is 2.21 bits per heavy atom. The normalized spacial score (nSPS) is 11.3. The number of rotatable bonds is 8. The molecule has 1 aromatic heterocycles. The lowest BCUT2D eigenvalue weighted by Gasteiger charge is -2.13. The summed E-state index contributed by atoms with van der Waals surface area (Å²) in [7, 11) is 0. The highest BCUT2D eigenvalue weighted by Crippen LogP contribution is 2.20. The van der Waals surface area contributed by atoms with E-state index in [0.29, 0.717) is 40.7 Å². The summed E-state index contributed by atoms with van der Waals surface area (Å²) in [5.41, 5.74) is 5.55. The molecule has 2 N–H and O–H groups in total. The predicted octanol–water partition coefficient (Wildman–Crippen LogP) is 2.44. The molecule has 0 fully saturated rings. The molecule has 1 heterocycles. The molecule has 8 heteroatoms. The number of thioether (sulfide) groups is 1. The van der Waals surface area contributed by atoms with Gasteiger partial charge in [-0.1, -0.05) is 23.4 Å². The van der Waals surface area contributed by atoms with Crippen molar-refractivity contribution in [2.75, 3.05) is 12.4 Å². The molecule has 0 aliphatic rings. The van der Waals surface area contributed by atoms with Crippen molar-refractivity contribution in [2.45, 2.75) is 38.1 Å². The molecule has 130 valence electrons. The third-order valence-corrected chi connectivity index (χ3v) is 4.44. The van der Waals surface area contributed by atoms with Crippen molar-refractivity contribution in [2.24, 2.45) is 5.73 Å². The highest BCUT2D eigenvalue weighted by molar-refractivity contribution is 7.99. The van der Waals surface area contributed by atoms with Gasteiger partial charge in [0.15, 0.2) is 5.16 Å². The molecule has 0 saturated heterocycles. The first kappa shape index (κ1) is 18.8. The van der Waals surface area contributed by atoms with Crippen LogP contribution in [-0.2, 0) is 16.1 Å². The molecule has 0 bridgehead atoms. The summed E-state index contributed by atoms with van der Waals surface area (Å²) in [5, 5.41) is 1.45. The second kappa shape index (κ2) is 8.50. The maximum absolute atomic E-state index is 12.7. The molecule has 0 aliphatic heterocycles. The summed E-state index contributed by atoms with van der Waals surface area (Å²) in [6, 6.07) is 4.96. The Morgan fingerprint density at radius 1 is 1.46 bits per heavy atom. The van der Waals surface area contributed by atoms with Gasteiger partial charge >= 0.3 is 0 Å². The first-order chi connectivity index (χ1) is 11.4. The summed E-state index contributed by atoms with van der Waals surface area (Å²) in [5.74, 6) is -0.406. The molecule has 2 rings (SSSR count). The van der Waals surface area contributed by atoms with Crippen LogP contribution in [0.4, 0.5) is 0 Å². The van der Waals surface area contributed by atoms with Crippen molar-refractivity contribution >= 4 is 40.2 Å². The molecule has 1 aromatic carbocycles. The van der Waals surface area contributed by atoms with E-state index < -0.39 is 5.91 Å². The number of nitrogens with two attached hydrogens (primary N) is 1. The highest BCUT2D eigenvalue weighted by atomic mass is 35.5. The van der Waals surface area contributed by atoms with E-state index in [1.165, 1.54) is 0 Å². The second-order valence-corrected chi connectivity index (χ2v) is 6.92. The minimum Gasteiger partial charge on any atom is -0.379 e. The van der Waals surface area contributed by atoms with Crippen LogP contribution >= 0.6 is 23.4 Å². The third-order valence-electron chi connectivity index (χ3n) is 3.20. The van der Waals surface area contributed by atoms with Gasteiger partial charge in [0.05, 0.1) is 22.8 Å². The van der Waals surface area contributed by atoms with Gasteiger partial charge in [-0.05, 0) is 38.5 Å². The number of carbonyl (C=O) groups excluding carboxylic acids is 1. The van der Waals surface area contributed by atoms with Crippen molar-refractivity contribution in [3.05, 3.63) is 33.6 Å². The number of halogens is 1. The average Bonchev–Trinajstić information content (AvgIpc) is 2.50. The highest BCUT2D eigenvalue weighted by Gasteiger charge is 2.13. The standard InChI is InChI=1S/C16H20ClN3O3S/c1-10(2)23-7-3-6-20-15(22)12-5-4-11(17)8-13(12)19-16(20)24-9-14(18)21/h4-5,8,10H,3,6-7,9H2,1-2H3,(H2,18,21). The van der Waals surface area contributed by atoms with Crippen molar-refractivity contribution in [1.29, 1.82) is 0 Å². The maximum Gasteiger partial charge on any atom is 0.262 e. The molecule has 0 spiro atoms. The Bertz CT molecular complexity index is 792. The van der Waals surface area contributed by atoms with Crippen LogP contribution in [0.25, 0.3) is 10.9 Å². The smallest absolute Gasteiger partial charge is 0.262 e. The van der Waals surface area contributed by atoms with Crippen LogP contribution < -0.4 is 11.3 Å². The zero-order chi connectivity index (χ0) is 17.7. The fourth-order valence-corrected chi connectivity index (χ4v) is 3.09. The first-order valence-corrected chi connectivity index (χ1v) is 8.97. The zero-order valence-electron chi connectivity index (χ0n) is 13.6. The molecule has 1 amide bonds. The van der Waals surface area contributed by atoms with Gasteiger partial charge in [0.2, 0.25) is 5.91 Å². The van der Waals surface area contributed by atoms with Crippen LogP contribution in [0.5, 0.6) is 0 Å². The third kappa shape index (κ3) is 4.96. The summed E-state index contributed by atoms with van der Waals surface area (Å²) in [6.07, 6.45) is 0.811. The zero-order valence-corrected chi connectivity index (χ0v) is 15.2. The minimum absolute atomic E-state index is 0.0566. The van der Waals surface area contributed by atoms with Gasteiger partial charge in [0.1, 0.15) is 0 Å². The van der Waals surface area contributed by atoms with E-state index in [9.17, 15) is 9.59 Å². The minimum atomic E-state index is -0.463. The summed E-state index contributed by atoms with van der Waals surface area (Å²) >= 11 is 7.12. The Hall–Kier alpha value is -1.57. The van der Waals surface area contributed by atoms with Gasteiger partial charge in [0.25, 0.3) is 5.56 Å². The van der Waals surface area contributed by atoms with Crippen molar-refractivity contribution in [1.82, 2.24) is 9.55 Å². The second-order valence-electron chi connectivity index (χ2n) is 5.54. The van der Waals surface area contributed by atoms with Gasteiger partial charge in [-0.15, -0.1) is 0 Å². The topological polar surface area (TPSA) is 87.2 Å². The number of hydrogen-bond donors (Lipinski definition) is 1. The van der Waals surface area contributed by atoms with E-state index in [1.54, 1.807) is 22.8 Å². The SMILES string of the molecule is CC(C)OCCCn1c(SCC(N)=O)nc2cc(Cl)ccc2c1=O. The van der Waals surface area contributed by atoms with Crippen LogP contribution in [0.3, 0.4) is 0 Å². The number of fused-ring (bicyclic) bond motifs is 1. The van der Waals surface area contributed by atoms with Crippen molar-refractivity contribution in [3.8, 4) is 0 Å². The Balaban J connectivity index is 2.35. The van der Waals surface area contributed by atoms with Crippen LogP contribution in [-0.4, -0.2) is 33.9 Å². The van der Waals surface area contributed by atoms with E-state index in [1.807, 2.05) is 13.8 Å². The van der Waals surface area contributed by atoms with E-state index in [2.05, 4.69) is 4.98 Å². The number of benzene rings is 1. The molecule has 0 saturated carbocycles. The largest absolute Gasteiger partial charge is 0.379 e. The quantitative estimate of drug-likeness (QED) is 0.438. The number of hydrogen-bond acceptors (Lipinski definition) is 5. The van der Waals surface area contributed by atoms with Crippen LogP contribution in [0.15, 0.2) is 28.2 Å². The molecular weight excluding hydrogens is 350 g/mol. The van der Waals surface area contributed by atoms with E-state index in [4.69, 9.17) is 22.1 Å². The summed E-state index contributed by atoms with van der Waals surface area (Å²) in [6.45, 7) is 4.92. The molecule has 6 nitrogen and oxygen atoms in total. The van der Waals surface area contributed by atoms with E-state index in [0.717, 1.165) is 11.8 Å². The first-order valence-electron chi connectivity index (χ1n) is 7.61. The number of primary amides is 1. The molecular formula is C16H20ClN3O3S. The fourth-order valence-electron chi connectivity index (χ4n) is 2.16. The van der Waals surface area contributed by atoms with E-state index in [-0.39, 0.29) is 17.4 Å². The van der Waals surface area contributed by atoms with Crippen LogP contribution in [0.1, 0.15) is 20.3 Å².